The molecule has 0 saturated carbocycles. The molecule has 0 rings (SSSR count). The van der Waals surface area contributed by atoms with Crippen LogP contribution in [0.3, 0.4) is 0 Å². The fourth-order valence-corrected chi connectivity index (χ4v) is 0. The molecule has 0 amide bonds. The second-order valence-corrected chi connectivity index (χ2v) is 1.85. The van der Waals surface area contributed by atoms with Crippen molar-refractivity contribution in [2.45, 2.75) is 0 Å². The van der Waals surface area contributed by atoms with Crippen molar-refractivity contribution in [3.63, 3.8) is 0 Å². The number of hydrogen-bond acceptors (Lipinski definition) is 3. The van der Waals surface area contributed by atoms with E-state index in [1.807, 2.05) is 0 Å². The molecule has 0 unspecified atom stereocenters. The molecule has 0 aliphatic carbocycles. The summed E-state index contributed by atoms with van der Waals surface area (Å²) in [4.78, 5) is 0. The molecule has 0 aromatic heterocycles. The van der Waals surface area contributed by atoms with Gasteiger partial charge in [-0.25, -0.2) is 0 Å². The second-order valence-electron chi connectivity index (χ2n) is 0.138. The number of halogens is 1. The van der Waals surface area contributed by atoms with Gasteiger partial charge in [0.1, 0.15) is 0 Å². The summed E-state index contributed by atoms with van der Waals surface area (Å²) in [5.41, 5.74) is 0. The van der Waals surface area contributed by atoms with E-state index in [2.05, 4.69) is 13.0 Å². The molecule has 0 aromatic rings. The van der Waals surface area contributed by atoms with Crippen LogP contribution in [0, 0.1) is 0 Å². The van der Waals surface area contributed by atoms with Crippen molar-refractivity contribution in [1.82, 2.24) is 0 Å². The first-order valence-corrected chi connectivity index (χ1v) is 4.62. The summed E-state index contributed by atoms with van der Waals surface area (Å²) in [5, 5.41) is 7.35. The van der Waals surface area contributed by atoms with Gasteiger partial charge in [-0.3, -0.25) is 0 Å². The zero-order valence-corrected chi connectivity index (χ0v) is 4.73. The van der Waals surface area contributed by atoms with Crippen LogP contribution in [0.5, 0.6) is 0 Å². The molecule has 4 heteroatoms. The van der Waals surface area contributed by atoms with E-state index in [-0.39, 0.29) is 0 Å². The molecule has 0 heterocycles. The molecular formula is H2IO2S-. The zero-order valence-electron chi connectivity index (χ0n) is 1.68. The summed E-state index contributed by atoms with van der Waals surface area (Å²) in [5.74, 6) is 0. The first-order valence-electron chi connectivity index (χ1n) is 0.506. The van der Waals surface area contributed by atoms with E-state index in [1.165, 1.54) is 0 Å². The van der Waals surface area contributed by atoms with Gasteiger partial charge in [0.05, 0.1) is 0 Å². The third-order valence-electron chi connectivity index (χ3n) is 0.0309. The Bertz CT molecular complexity index is 8.00. The molecular weight excluding hydrogens is 191 g/mol. The van der Waals surface area contributed by atoms with E-state index in [0.717, 1.165) is 0 Å². The summed E-state index contributed by atoms with van der Waals surface area (Å²) in [6, 6.07) is 0. The van der Waals surface area contributed by atoms with E-state index in [9.17, 15) is 0 Å². The summed E-state index contributed by atoms with van der Waals surface area (Å²) < 4.78 is 3.52. The molecule has 4 heavy (non-hydrogen) atoms. The Morgan fingerprint density at radius 2 is 2.25 bits per heavy atom. The molecule has 0 aliphatic rings. The summed E-state index contributed by atoms with van der Waals surface area (Å²) in [6.07, 6.45) is 0. The van der Waals surface area contributed by atoms with Crippen LogP contribution in [0.25, 0.3) is 0 Å². The van der Waals surface area contributed by atoms with Crippen LogP contribution in [-0.2, 0) is 3.22 Å². The SMILES string of the molecule is OO[I-]S. The third kappa shape index (κ3) is 3.00. The van der Waals surface area contributed by atoms with Crippen molar-refractivity contribution in [2.75, 3.05) is 0 Å². The van der Waals surface area contributed by atoms with Gasteiger partial charge < -0.3 is 0 Å². The van der Waals surface area contributed by atoms with Crippen LogP contribution in [-0.4, -0.2) is 5.26 Å². The van der Waals surface area contributed by atoms with E-state index < -0.39 is 20.2 Å². The molecule has 0 aliphatic heterocycles. The molecule has 0 fully saturated rings. The Kier molecular flexibility index (Phi) is 5.00. The van der Waals surface area contributed by atoms with Crippen molar-refractivity contribution in [3.05, 3.63) is 0 Å². The predicted molar refractivity (Wildman–Crippen MR) is 12.7 cm³/mol. The van der Waals surface area contributed by atoms with Gasteiger partial charge in [0.15, 0.2) is 0 Å². The molecule has 0 aromatic carbocycles. The molecule has 1 N–H and O–H groups in total. The second kappa shape index (κ2) is 4.00. The molecule has 0 radical (unpaired) electrons. The van der Waals surface area contributed by atoms with Crippen molar-refractivity contribution < 1.29 is 28.7 Å². The standard InChI is InChI=1S/H2IO2S/c2-3-1-4/h2,4H/q-1. The van der Waals surface area contributed by atoms with E-state index in [4.69, 9.17) is 5.26 Å². The Morgan fingerprint density at radius 1 is 2.00 bits per heavy atom. The quantitative estimate of drug-likeness (QED) is 0.206. The molecule has 0 bridgehead atoms. The van der Waals surface area contributed by atoms with E-state index in [0.29, 0.717) is 0 Å². The summed E-state index contributed by atoms with van der Waals surface area (Å²) >= 11 is -0.639. The fourth-order valence-electron chi connectivity index (χ4n) is 0. The molecule has 0 spiro atoms. The van der Waals surface area contributed by atoms with Gasteiger partial charge in [-0.2, -0.15) is 0 Å². The van der Waals surface area contributed by atoms with Crippen LogP contribution >= 0.6 is 9.80 Å². The predicted octanol–water partition coefficient (Wildman–Crippen LogP) is -2.68. The molecule has 0 saturated heterocycles. The molecule has 2 nitrogen and oxygen atoms in total. The summed E-state index contributed by atoms with van der Waals surface area (Å²) in [7, 11) is 3.56. The van der Waals surface area contributed by atoms with Crippen molar-refractivity contribution in [2.24, 2.45) is 0 Å². The van der Waals surface area contributed by atoms with Crippen molar-refractivity contribution in [1.29, 1.82) is 0 Å². The minimum atomic E-state index is -0.639. The van der Waals surface area contributed by atoms with Gasteiger partial charge in [0.25, 0.3) is 0 Å². The fraction of sp³-hybridized carbons (Fsp3) is 0. The van der Waals surface area contributed by atoms with E-state index >= 15 is 0 Å². The molecule has 0 atom stereocenters. The average molecular weight is 193 g/mol. The minimum absolute atomic E-state index is 0.639. The topological polar surface area (TPSA) is 29.5 Å². The van der Waals surface area contributed by atoms with Gasteiger partial charge in [0, 0.05) is 0 Å². The Morgan fingerprint density at radius 3 is 2.25 bits per heavy atom. The third-order valence-corrected chi connectivity index (χ3v) is 0.621. The van der Waals surface area contributed by atoms with Crippen LogP contribution < -0.4 is 20.2 Å². The normalized spacial score (nSPS) is 8.50. The maximum atomic E-state index is 7.35. The van der Waals surface area contributed by atoms with Crippen LogP contribution in [0.15, 0.2) is 0 Å². The van der Waals surface area contributed by atoms with E-state index in [1.54, 1.807) is 0 Å². The van der Waals surface area contributed by atoms with Crippen LogP contribution in [0.2, 0.25) is 0 Å². The maximum absolute atomic E-state index is 7.35. The van der Waals surface area contributed by atoms with Gasteiger partial charge in [-0.15, -0.1) is 0 Å². The molecule has 28 valence electrons. The van der Waals surface area contributed by atoms with Gasteiger partial charge in [-0.1, -0.05) is 0 Å². The first kappa shape index (κ1) is 5.00. The Hall–Kier alpha value is 1.00. The van der Waals surface area contributed by atoms with Crippen LogP contribution in [0.4, 0.5) is 0 Å². The zero-order chi connectivity index (χ0) is 3.41. The van der Waals surface area contributed by atoms with Crippen molar-refractivity contribution >= 4 is 9.80 Å². The Labute approximate surface area is 38.8 Å². The monoisotopic (exact) mass is 193 g/mol. The first-order chi connectivity index (χ1) is 1.91. The average Bonchev–Trinajstić information content (AvgIpc) is 1.37. The Balaban J connectivity index is 1.97. The van der Waals surface area contributed by atoms with Gasteiger partial charge in [-0.05, 0) is 0 Å². The number of rotatable bonds is 1. The van der Waals surface area contributed by atoms with Crippen LogP contribution in [0.1, 0.15) is 0 Å². The number of thiol groups is 1. The summed E-state index contributed by atoms with van der Waals surface area (Å²) in [6.45, 7) is 0. The van der Waals surface area contributed by atoms with Crippen molar-refractivity contribution in [3.8, 4) is 0 Å². The number of hydrogen-bond donors (Lipinski definition) is 2. The van der Waals surface area contributed by atoms with Gasteiger partial charge in [0.2, 0.25) is 0 Å². The van der Waals surface area contributed by atoms with Gasteiger partial charge >= 0.3 is 38.5 Å².